The Morgan fingerprint density at radius 2 is 1.79 bits per heavy atom. The summed E-state index contributed by atoms with van der Waals surface area (Å²) in [6, 6.07) is 13.6. The van der Waals surface area contributed by atoms with Crippen LogP contribution in [0.3, 0.4) is 0 Å². The van der Waals surface area contributed by atoms with Crippen molar-refractivity contribution in [2.75, 3.05) is 13.2 Å². The van der Waals surface area contributed by atoms with E-state index >= 15 is 0 Å². The number of benzene rings is 2. The number of aryl methyl sites for hydroxylation is 1. The molecule has 1 heterocycles. The highest BCUT2D eigenvalue weighted by Crippen LogP contribution is 2.51. The number of rotatable bonds is 11. The zero-order valence-electron chi connectivity index (χ0n) is 19.5. The van der Waals surface area contributed by atoms with Crippen molar-refractivity contribution in [2.24, 2.45) is 7.05 Å². The van der Waals surface area contributed by atoms with Crippen molar-refractivity contribution >= 4 is 19.6 Å². The Labute approximate surface area is 199 Å². The standard InChI is InChI=1S/C25H29FN3O4P/c1-4-32-34(31,33-5-2)18-20-8-6-7-19(15-20)16-27-24(30)14-11-22-17-28-29(3)25(22)21-9-12-23(26)13-10-21/h6-15,17H,4-5,16,18H2,1-3H3,(H,27,30). The fourth-order valence-electron chi connectivity index (χ4n) is 3.53. The Kier molecular flexibility index (Phi) is 8.93. The van der Waals surface area contributed by atoms with Crippen molar-refractivity contribution in [1.82, 2.24) is 15.1 Å². The highest BCUT2D eigenvalue weighted by Gasteiger charge is 2.24. The number of halogens is 1. The maximum atomic E-state index is 13.3. The molecule has 34 heavy (non-hydrogen) atoms. The molecule has 9 heteroatoms. The third-order valence-electron chi connectivity index (χ3n) is 4.98. The predicted molar refractivity (Wildman–Crippen MR) is 130 cm³/mol. The molecule has 0 saturated carbocycles. The highest BCUT2D eigenvalue weighted by atomic mass is 31.2. The van der Waals surface area contributed by atoms with Crippen LogP contribution in [0.5, 0.6) is 0 Å². The van der Waals surface area contributed by atoms with Gasteiger partial charge in [0.15, 0.2) is 0 Å². The molecule has 7 nitrogen and oxygen atoms in total. The van der Waals surface area contributed by atoms with Gasteiger partial charge in [-0.05, 0) is 55.3 Å². The van der Waals surface area contributed by atoms with E-state index in [1.807, 2.05) is 24.3 Å². The fraction of sp³-hybridized carbons (Fsp3) is 0.280. The number of nitrogens with zero attached hydrogens (tertiary/aromatic N) is 2. The van der Waals surface area contributed by atoms with Crippen molar-refractivity contribution in [1.29, 1.82) is 0 Å². The third-order valence-corrected chi connectivity index (χ3v) is 7.04. The molecule has 1 N–H and O–H groups in total. The van der Waals surface area contributed by atoms with E-state index in [1.54, 1.807) is 50.0 Å². The van der Waals surface area contributed by atoms with E-state index in [2.05, 4.69) is 10.4 Å². The average molecular weight is 485 g/mol. The zero-order valence-corrected chi connectivity index (χ0v) is 20.4. The molecular weight excluding hydrogens is 456 g/mol. The minimum Gasteiger partial charge on any atom is -0.348 e. The van der Waals surface area contributed by atoms with E-state index in [1.165, 1.54) is 18.2 Å². The van der Waals surface area contributed by atoms with Gasteiger partial charge in [0, 0.05) is 30.8 Å². The van der Waals surface area contributed by atoms with Gasteiger partial charge in [0.2, 0.25) is 5.91 Å². The van der Waals surface area contributed by atoms with E-state index in [-0.39, 0.29) is 17.9 Å². The Morgan fingerprint density at radius 3 is 2.47 bits per heavy atom. The second-order valence-electron chi connectivity index (χ2n) is 7.55. The minimum atomic E-state index is -3.20. The number of hydrogen-bond donors (Lipinski definition) is 1. The monoisotopic (exact) mass is 485 g/mol. The van der Waals surface area contributed by atoms with Crippen LogP contribution in [0.4, 0.5) is 4.39 Å². The van der Waals surface area contributed by atoms with Gasteiger partial charge in [-0.15, -0.1) is 0 Å². The lowest BCUT2D eigenvalue weighted by Gasteiger charge is -2.17. The quantitative estimate of drug-likeness (QED) is 0.294. The number of carbonyl (C=O) groups excluding carboxylic acids is 1. The number of carbonyl (C=O) groups is 1. The van der Waals surface area contributed by atoms with Crippen LogP contribution in [-0.2, 0) is 38.2 Å². The molecule has 0 atom stereocenters. The lowest BCUT2D eigenvalue weighted by atomic mass is 10.1. The van der Waals surface area contributed by atoms with Crippen LogP contribution in [0, 0.1) is 5.82 Å². The SMILES string of the molecule is CCOP(=O)(Cc1cccc(CNC(=O)C=Cc2cnn(C)c2-c2ccc(F)cc2)c1)OCC. The summed E-state index contributed by atoms with van der Waals surface area (Å²) in [5.74, 6) is -0.585. The molecule has 3 rings (SSSR count). The first-order chi connectivity index (χ1) is 16.3. The van der Waals surface area contributed by atoms with E-state index in [4.69, 9.17) is 9.05 Å². The molecule has 0 saturated heterocycles. The maximum absolute atomic E-state index is 13.3. The van der Waals surface area contributed by atoms with Crippen LogP contribution in [0.15, 0.2) is 60.8 Å². The van der Waals surface area contributed by atoms with Crippen molar-refractivity contribution < 1.29 is 22.8 Å². The Morgan fingerprint density at radius 1 is 1.12 bits per heavy atom. The van der Waals surface area contributed by atoms with Crippen LogP contribution in [0.2, 0.25) is 0 Å². The summed E-state index contributed by atoms with van der Waals surface area (Å²) in [7, 11) is -1.41. The van der Waals surface area contributed by atoms with Crippen LogP contribution >= 0.6 is 7.60 Å². The molecule has 0 aliphatic rings. The van der Waals surface area contributed by atoms with E-state index in [0.29, 0.717) is 19.8 Å². The fourth-order valence-corrected chi connectivity index (χ4v) is 5.22. The molecule has 0 aliphatic carbocycles. The highest BCUT2D eigenvalue weighted by molar-refractivity contribution is 7.53. The van der Waals surface area contributed by atoms with Crippen molar-refractivity contribution in [2.45, 2.75) is 26.6 Å². The molecule has 1 aromatic heterocycles. The summed E-state index contributed by atoms with van der Waals surface area (Å²) in [4.78, 5) is 12.4. The molecule has 0 fully saturated rings. The molecule has 0 bridgehead atoms. The van der Waals surface area contributed by atoms with Crippen LogP contribution in [-0.4, -0.2) is 28.9 Å². The van der Waals surface area contributed by atoms with Crippen LogP contribution in [0.1, 0.15) is 30.5 Å². The van der Waals surface area contributed by atoms with E-state index < -0.39 is 7.60 Å². The van der Waals surface area contributed by atoms with Gasteiger partial charge in [-0.2, -0.15) is 5.10 Å². The summed E-state index contributed by atoms with van der Waals surface area (Å²) in [5, 5.41) is 7.10. The molecule has 0 radical (unpaired) electrons. The molecule has 0 spiro atoms. The Hall–Kier alpha value is -3.06. The number of aromatic nitrogens is 2. The van der Waals surface area contributed by atoms with E-state index in [9.17, 15) is 13.8 Å². The molecule has 3 aromatic rings. The summed E-state index contributed by atoms with van der Waals surface area (Å²) >= 11 is 0. The van der Waals surface area contributed by atoms with Crippen molar-refractivity contribution in [3.05, 3.63) is 83.3 Å². The van der Waals surface area contributed by atoms with Gasteiger partial charge in [-0.3, -0.25) is 14.0 Å². The zero-order chi connectivity index (χ0) is 24.6. The summed E-state index contributed by atoms with van der Waals surface area (Å²) in [6.45, 7) is 4.47. The van der Waals surface area contributed by atoms with E-state index in [0.717, 1.165) is 27.9 Å². The molecule has 180 valence electrons. The lowest BCUT2D eigenvalue weighted by Crippen LogP contribution is -2.20. The second-order valence-corrected chi connectivity index (χ2v) is 9.61. The Bertz CT molecular complexity index is 1180. The third kappa shape index (κ3) is 6.97. The van der Waals surface area contributed by atoms with Gasteiger partial charge >= 0.3 is 7.60 Å². The molecule has 2 aromatic carbocycles. The number of hydrogen-bond acceptors (Lipinski definition) is 5. The number of amides is 1. The van der Waals surface area contributed by atoms with Crippen LogP contribution < -0.4 is 5.32 Å². The van der Waals surface area contributed by atoms with Crippen LogP contribution in [0.25, 0.3) is 17.3 Å². The normalized spacial score (nSPS) is 11.8. The predicted octanol–water partition coefficient (Wildman–Crippen LogP) is 5.32. The molecule has 1 amide bonds. The second kappa shape index (κ2) is 11.9. The first kappa shape index (κ1) is 25.6. The summed E-state index contributed by atoms with van der Waals surface area (Å²) in [6.07, 6.45) is 4.94. The summed E-state index contributed by atoms with van der Waals surface area (Å²) in [5.41, 5.74) is 4.01. The largest absolute Gasteiger partial charge is 0.348 e. The van der Waals surface area contributed by atoms with Gasteiger partial charge in [-0.25, -0.2) is 4.39 Å². The topological polar surface area (TPSA) is 82.5 Å². The van der Waals surface area contributed by atoms with Crippen molar-refractivity contribution in [3.8, 4) is 11.3 Å². The van der Waals surface area contributed by atoms with Gasteiger partial charge in [0.25, 0.3) is 0 Å². The van der Waals surface area contributed by atoms with Gasteiger partial charge in [0.05, 0.1) is 31.3 Å². The first-order valence-electron chi connectivity index (χ1n) is 11.0. The van der Waals surface area contributed by atoms with Gasteiger partial charge in [0.1, 0.15) is 5.82 Å². The summed E-state index contributed by atoms with van der Waals surface area (Å²) < 4.78 is 38.5. The smallest absolute Gasteiger partial charge is 0.335 e. The first-order valence-corrected chi connectivity index (χ1v) is 12.8. The molecule has 0 unspecified atom stereocenters. The Balaban J connectivity index is 1.64. The van der Waals surface area contributed by atoms with Crippen molar-refractivity contribution in [3.63, 3.8) is 0 Å². The van der Waals surface area contributed by atoms with Gasteiger partial charge in [-0.1, -0.05) is 24.3 Å². The minimum absolute atomic E-state index is 0.170. The number of nitrogens with one attached hydrogen (secondary N) is 1. The molecule has 0 aliphatic heterocycles. The van der Waals surface area contributed by atoms with Gasteiger partial charge < -0.3 is 14.4 Å². The lowest BCUT2D eigenvalue weighted by molar-refractivity contribution is -0.116. The average Bonchev–Trinajstić information content (AvgIpc) is 3.17. The molecular formula is C25H29FN3O4P. The maximum Gasteiger partial charge on any atom is 0.335 e.